The van der Waals surface area contributed by atoms with Crippen molar-refractivity contribution in [2.24, 2.45) is 0 Å². The van der Waals surface area contributed by atoms with Crippen LogP contribution in [0.15, 0.2) is 42.0 Å². The molecule has 1 unspecified atom stereocenters. The minimum Gasteiger partial charge on any atom is -0.429 e. The number of esters is 1. The van der Waals surface area contributed by atoms with E-state index < -0.39 is 12.3 Å². The van der Waals surface area contributed by atoms with Crippen molar-refractivity contribution >= 4 is 5.97 Å². The molecule has 0 fully saturated rings. The van der Waals surface area contributed by atoms with Crippen LogP contribution in [0.2, 0.25) is 0 Å². The lowest BCUT2D eigenvalue weighted by atomic mass is 10.2. The number of aliphatic hydroxyl groups is 1. The number of rotatable bonds is 4. The van der Waals surface area contributed by atoms with Crippen molar-refractivity contribution < 1.29 is 19.4 Å². The molecular weight excluding hydrogens is 208 g/mol. The lowest BCUT2D eigenvalue weighted by Crippen LogP contribution is -2.13. The molecule has 4 heteroatoms. The fourth-order valence-corrected chi connectivity index (χ4v) is 1.42. The maximum Gasteiger partial charge on any atom is 0.333 e. The molecule has 1 atom stereocenters. The van der Waals surface area contributed by atoms with Crippen LogP contribution in [-0.2, 0) is 20.9 Å². The first-order valence-electron chi connectivity index (χ1n) is 4.96. The summed E-state index contributed by atoms with van der Waals surface area (Å²) in [6, 6.07) is 9.67. The second-order valence-corrected chi connectivity index (χ2v) is 3.49. The summed E-state index contributed by atoms with van der Waals surface area (Å²) >= 11 is 0. The van der Waals surface area contributed by atoms with E-state index in [0.29, 0.717) is 12.2 Å². The topological polar surface area (TPSA) is 55.8 Å². The molecule has 4 nitrogen and oxygen atoms in total. The summed E-state index contributed by atoms with van der Waals surface area (Å²) < 4.78 is 9.88. The lowest BCUT2D eigenvalue weighted by molar-refractivity contribution is -0.151. The molecule has 0 amide bonds. The van der Waals surface area contributed by atoms with Gasteiger partial charge in [0, 0.05) is 11.6 Å². The highest BCUT2D eigenvalue weighted by Crippen LogP contribution is 2.14. The molecule has 84 valence electrons. The molecule has 0 aromatic heterocycles. The average Bonchev–Trinajstić information content (AvgIpc) is 2.59. The highest BCUT2D eigenvalue weighted by Gasteiger charge is 2.23. The Labute approximate surface area is 93.1 Å². The third-order valence-electron chi connectivity index (χ3n) is 2.23. The Bertz CT molecular complexity index is 397. The fraction of sp³-hybridized carbons (Fsp3) is 0.250. The van der Waals surface area contributed by atoms with Crippen molar-refractivity contribution in [3.8, 4) is 0 Å². The Morgan fingerprint density at radius 1 is 1.25 bits per heavy atom. The molecule has 0 saturated carbocycles. The number of carbonyl (C=O) groups is 1. The van der Waals surface area contributed by atoms with Crippen molar-refractivity contribution in [2.45, 2.75) is 12.9 Å². The van der Waals surface area contributed by atoms with Crippen molar-refractivity contribution in [1.82, 2.24) is 0 Å². The summed E-state index contributed by atoms with van der Waals surface area (Å²) in [4.78, 5) is 10.8. The third-order valence-corrected chi connectivity index (χ3v) is 2.23. The van der Waals surface area contributed by atoms with E-state index >= 15 is 0 Å². The Morgan fingerprint density at radius 3 is 2.62 bits per heavy atom. The molecule has 16 heavy (non-hydrogen) atoms. The highest BCUT2D eigenvalue weighted by molar-refractivity contribution is 5.85. The maximum atomic E-state index is 10.8. The maximum absolute atomic E-state index is 10.8. The van der Waals surface area contributed by atoms with Gasteiger partial charge >= 0.3 is 5.97 Å². The number of hydrogen-bond acceptors (Lipinski definition) is 4. The Balaban J connectivity index is 1.81. The van der Waals surface area contributed by atoms with E-state index in [1.54, 1.807) is 0 Å². The molecule has 1 aromatic rings. The second kappa shape index (κ2) is 4.92. The van der Waals surface area contributed by atoms with E-state index in [0.717, 1.165) is 5.56 Å². The molecule has 2 rings (SSSR count). The molecular formula is C12H12O4. The van der Waals surface area contributed by atoms with Gasteiger partial charge in [0.25, 0.3) is 0 Å². The van der Waals surface area contributed by atoms with Gasteiger partial charge in [-0.15, -0.1) is 0 Å². The van der Waals surface area contributed by atoms with Gasteiger partial charge in [0.2, 0.25) is 6.29 Å². The Morgan fingerprint density at radius 2 is 2.00 bits per heavy atom. The zero-order valence-corrected chi connectivity index (χ0v) is 8.63. The van der Waals surface area contributed by atoms with Crippen molar-refractivity contribution in [3.63, 3.8) is 0 Å². The van der Waals surface area contributed by atoms with Crippen molar-refractivity contribution in [2.75, 3.05) is 6.61 Å². The van der Waals surface area contributed by atoms with Gasteiger partial charge in [0.15, 0.2) is 0 Å². The van der Waals surface area contributed by atoms with Crippen LogP contribution in [0, 0.1) is 0 Å². The molecule has 0 bridgehead atoms. The monoisotopic (exact) mass is 220 g/mol. The largest absolute Gasteiger partial charge is 0.429 e. The summed E-state index contributed by atoms with van der Waals surface area (Å²) in [5.74, 6) is -0.522. The molecule has 0 saturated heterocycles. The standard InChI is InChI=1S/C12H12O4/c13-11-6-10(12(14)16-11)8-15-7-9-4-2-1-3-5-9/h1-6,12,14H,7-8H2. The van der Waals surface area contributed by atoms with Crippen molar-refractivity contribution in [3.05, 3.63) is 47.5 Å². The lowest BCUT2D eigenvalue weighted by Gasteiger charge is -2.08. The molecule has 1 aromatic carbocycles. The zero-order valence-electron chi connectivity index (χ0n) is 8.63. The SMILES string of the molecule is O=C1C=C(COCc2ccccc2)C(O)O1. The van der Waals surface area contributed by atoms with Gasteiger partial charge in [-0.2, -0.15) is 0 Å². The molecule has 1 aliphatic rings. The van der Waals surface area contributed by atoms with Crippen LogP contribution in [0.3, 0.4) is 0 Å². The number of hydrogen-bond donors (Lipinski definition) is 1. The van der Waals surface area contributed by atoms with Gasteiger partial charge in [-0.05, 0) is 5.56 Å². The number of aliphatic hydroxyl groups excluding tert-OH is 1. The van der Waals surface area contributed by atoms with Gasteiger partial charge in [-0.3, -0.25) is 0 Å². The summed E-state index contributed by atoms with van der Waals surface area (Å²) in [5.41, 5.74) is 1.50. The average molecular weight is 220 g/mol. The van der Waals surface area contributed by atoms with Gasteiger partial charge in [-0.1, -0.05) is 30.3 Å². The Hall–Kier alpha value is -1.65. The van der Waals surface area contributed by atoms with Gasteiger partial charge < -0.3 is 14.6 Å². The predicted molar refractivity (Wildman–Crippen MR) is 56.3 cm³/mol. The smallest absolute Gasteiger partial charge is 0.333 e. The van der Waals surface area contributed by atoms with E-state index in [9.17, 15) is 9.90 Å². The third kappa shape index (κ3) is 2.68. The second-order valence-electron chi connectivity index (χ2n) is 3.49. The zero-order chi connectivity index (χ0) is 11.4. The summed E-state index contributed by atoms with van der Waals surface area (Å²) in [6.07, 6.45) is 0.110. The first-order valence-corrected chi connectivity index (χ1v) is 4.96. The predicted octanol–water partition coefficient (Wildman–Crippen LogP) is 1.00. The summed E-state index contributed by atoms with van der Waals surface area (Å²) in [6.45, 7) is 0.640. The van der Waals surface area contributed by atoms with Gasteiger partial charge in [0.05, 0.1) is 13.2 Å². The Kier molecular flexibility index (Phi) is 3.34. The van der Waals surface area contributed by atoms with Crippen LogP contribution < -0.4 is 0 Å². The van der Waals surface area contributed by atoms with Crippen molar-refractivity contribution in [1.29, 1.82) is 0 Å². The summed E-state index contributed by atoms with van der Waals surface area (Å²) in [7, 11) is 0. The normalized spacial score (nSPS) is 19.4. The molecule has 0 aliphatic carbocycles. The van der Waals surface area contributed by atoms with Gasteiger partial charge in [0.1, 0.15) is 0 Å². The first kappa shape index (κ1) is 10.9. The summed E-state index contributed by atoms with van der Waals surface area (Å²) in [5, 5.41) is 9.27. The van der Waals surface area contributed by atoms with Crippen LogP contribution in [0.5, 0.6) is 0 Å². The highest BCUT2D eigenvalue weighted by atomic mass is 16.6. The van der Waals surface area contributed by atoms with E-state index in [1.807, 2.05) is 30.3 Å². The number of cyclic esters (lactones) is 1. The van der Waals surface area contributed by atoms with Gasteiger partial charge in [-0.25, -0.2) is 4.79 Å². The van der Waals surface area contributed by atoms with E-state index in [2.05, 4.69) is 4.74 Å². The first-order chi connectivity index (χ1) is 7.75. The van der Waals surface area contributed by atoms with E-state index in [4.69, 9.17) is 4.74 Å². The number of carbonyl (C=O) groups excluding carboxylic acids is 1. The fourth-order valence-electron chi connectivity index (χ4n) is 1.42. The van der Waals surface area contributed by atoms with Crippen LogP contribution in [0.1, 0.15) is 5.56 Å². The minimum atomic E-state index is -1.15. The van der Waals surface area contributed by atoms with Crippen LogP contribution in [0.4, 0.5) is 0 Å². The number of ether oxygens (including phenoxy) is 2. The quantitative estimate of drug-likeness (QED) is 0.769. The van der Waals surface area contributed by atoms with Crippen LogP contribution in [-0.4, -0.2) is 24.0 Å². The number of benzene rings is 1. The molecule has 1 N–H and O–H groups in total. The van der Waals surface area contributed by atoms with E-state index in [-0.39, 0.29) is 6.61 Å². The molecule has 0 radical (unpaired) electrons. The van der Waals surface area contributed by atoms with Crippen LogP contribution >= 0.6 is 0 Å². The molecule has 1 heterocycles. The molecule has 0 spiro atoms. The molecule has 1 aliphatic heterocycles. The minimum absolute atomic E-state index is 0.196. The van der Waals surface area contributed by atoms with Crippen LogP contribution in [0.25, 0.3) is 0 Å². The van der Waals surface area contributed by atoms with E-state index in [1.165, 1.54) is 6.08 Å².